The Labute approximate surface area is 258 Å². The average Bonchev–Trinajstić information content (AvgIpc) is 2.84. The molecule has 0 saturated carbocycles. The van der Waals surface area contributed by atoms with E-state index in [4.69, 9.17) is 46.4 Å². The molecular weight excluding hydrogens is 538 g/mol. The molecule has 0 amide bonds. The van der Waals surface area contributed by atoms with Crippen LogP contribution in [0.1, 0.15) is 0 Å². The molecule has 0 aliphatic heterocycles. The second-order valence-electron chi connectivity index (χ2n) is 4.85. The average molecular weight is 541 g/mol. The van der Waals surface area contributed by atoms with Gasteiger partial charge in [-0.25, -0.2) is 16.8 Å². The quantitative estimate of drug-likeness (QED) is 0.288. The van der Waals surface area contributed by atoms with Crippen LogP contribution in [0, 0.1) is 0 Å². The van der Waals surface area contributed by atoms with Gasteiger partial charge in [0.2, 0.25) is 0 Å². The number of rotatable bonds is 2. The van der Waals surface area contributed by atoms with E-state index in [-0.39, 0.29) is 129 Å². The summed E-state index contributed by atoms with van der Waals surface area (Å²) in [4.78, 5) is -0.0491. The van der Waals surface area contributed by atoms with Crippen LogP contribution < -0.4 is 103 Å². The van der Waals surface area contributed by atoms with Gasteiger partial charge >= 0.3 is 103 Å². The molecule has 0 bridgehead atoms. The van der Waals surface area contributed by atoms with E-state index in [1.807, 2.05) is 0 Å². The summed E-state index contributed by atoms with van der Waals surface area (Å²) >= 11 is 23.7. The maximum absolute atomic E-state index is 11.7. The Morgan fingerprint density at radius 2 is 1.26 bits per heavy atom. The molecule has 0 spiro atoms. The van der Waals surface area contributed by atoms with E-state index in [1.54, 1.807) is 0 Å². The Morgan fingerprint density at radius 3 is 1.74 bits per heavy atom. The molecule has 0 fully saturated rings. The Bertz CT molecular complexity index is 1290. The smallest absolute Gasteiger partial charge is 0.744 e. The summed E-state index contributed by atoms with van der Waals surface area (Å²) < 4.78 is 69.8. The van der Waals surface area contributed by atoms with Gasteiger partial charge in [-0.15, -0.1) is 0 Å². The molecule has 0 aliphatic carbocycles. The molecule has 0 saturated heterocycles. The zero-order valence-corrected chi connectivity index (χ0v) is 24.3. The SMILES string of the molecule is O=S(=O)([O-])c1c(Cl)c(Cl)c2[nH]c3c(Cl)c(Cl)ccc3c2c1S(=O)(=O)[O-].[K+].[K+]. The molecule has 134 valence electrons. The number of hydrogen-bond acceptors (Lipinski definition) is 6. The molecule has 0 aliphatic rings. The van der Waals surface area contributed by atoms with E-state index in [0.717, 1.165) is 0 Å². The van der Waals surface area contributed by atoms with E-state index in [9.17, 15) is 25.9 Å². The Balaban J connectivity index is 0.00000182. The molecule has 15 heteroatoms. The van der Waals surface area contributed by atoms with Crippen molar-refractivity contribution in [1.82, 2.24) is 4.98 Å². The van der Waals surface area contributed by atoms with Crippen LogP contribution in [0.3, 0.4) is 0 Å². The molecule has 27 heavy (non-hydrogen) atoms. The van der Waals surface area contributed by atoms with Gasteiger partial charge in [-0.3, -0.25) is 0 Å². The number of nitrogens with one attached hydrogen (secondary N) is 1. The van der Waals surface area contributed by atoms with E-state index in [1.165, 1.54) is 12.1 Å². The van der Waals surface area contributed by atoms with Gasteiger partial charge in [0.05, 0.1) is 40.9 Å². The van der Waals surface area contributed by atoms with Crippen LogP contribution in [0.2, 0.25) is 20.1 Å². The van der Waals surface area contributed by atoms with Crippen molar-refractivity contribution < 1.29 is 129 Å². The topological polar surface area (TPSA) is 130 Å². The first-order valence-corrected chi connectivity index (χ1v) is 10.4. The maximum atomic E-state index is 11.7. The third-order valence-electron chi connectivity index (χ3n) is 3.41. The van der Waals surface area contributed by atoms with E-state index >= 15 is 0 Å². The van der Waals surface area contributed by atoms with Crippen molar-refractivity contribution in [2.45, 2.75) is 9.79 Å². The normalized spacial score (nSPS) is 12.1. The van der Waals surface area contributed by atoms with Crippen molar-refractivity contribution in [1.29, 1.82) is 0 Å². The van der Waals surface area contributed by atoms with Crippen LogP contribution in [-0.2, 0) is 20.2 Å². The largest absolute Gasteiger partial charge is 1.00 e. The fourth-order valence-corrected chi connectivity index (χ4v) is 5.73. The number of aromatic nitrogens is 1. The van der Waals surface area contributed by atoms with Gasteiger partial charge in [-0.2, -0.15) is 0 Å². The molecule has 3 rings (SSSR count). The zero-order valence-electron chi connectivity index (χ0n) is 13.4. The summed E-state index contributed by atoms with van der Waals surface area (Å²) in [7, 11) is -10.9. The first-order chi connectivity index (χ1) is 11.4. The molecule has 1 N–H and O–H groups in total. The first-order valence-electron chi connectivity index (χ1n) is 6.07. The predicted molar refractivity (Wildman–Crippen MR) is 91.8 cm³/mol. The van der Waals surface area contributed by atoms with E-state index < -0.39 is 45.5 Å². The van der Waals surface area contributed by atoms with E-state index in [2.05, 4.69) is 4.98 Å². The van der Waals surface area contributed by atoms with Crippen molar-refractivity contribution in [3.63, 3.8) is 0 Å². The van der Waals surface area contributed by atoms with Gasteiger partial charge in [0, 0.05) is 10.8 Å². The van der Waals surface area contributed by atoms with Crippen molar-refractivity contribution in [2.24, 2.45) is 0 Å². The van der Waals surface area contributed by atoms with Crippen LogP contribution in [-0.4, -0.2) is 30.9 Å². The summed E-state index contributed by atoms with van der Waals surface area (Å²) in [6.07, 6.45) is 0. The van der Waals surface area contributed by atoms with Crippen LogP contribution in [0.4, 0.5) is 0 Å². The molecule has 3 aromatic rings. The first kappa shape index (κ1) is 27.5. The predicted octanol–water partition coefficient (Wildman–Crippen LogP) is -2.25. The number of hydrogen-bond donors (Lipinski definition) is 1. The van der Waals surface area contributed by atoms with Crippen molar-refractivity contribution in [2.75, 3.05) is 0 Å². The van der Waals surface area contributed by atoms with Crippen LogP contribution in [0.15, 0.2) is 21.9 Å². The molecule has 2 aromatic carbocycles. The molecule has 0 unspecified atom stereocenters. The summed E-state index contributed by atoms with van der Waals surface area (Å²) in [5, 5.41) is -1.64. The summed E-state index contributed by atoms with van der Waals surface area (Å²) in [6, 6.07) is 2.59. The fraction of sp³-hybridized carbons (Fsp3) is 0. The molecule has 1 aromatic heterocycles. The van der Waals surface area contributed by atoms with E-state index in [0.29, 0.717) is 0 Å². The van der Waals surface area contributed by atoms with Crippen molar-refractivity contribution in [3.05, 3.63) is 32.2 Å². The summed E-state index contributed by atoms with van der Waals surface area (Å²) in [5.74, 6) is 0. The van der Waals surface area contributed by atoms with Crippen LogP contribution in [0.5, 0.6) is 0 Å². The molecule has 0 atom stereocenters. The number of halogens is 4. The number of H-pyrrole nitrogens is 1. The van der Waals surface area contributed by atoms with Crippen molar-refractivity contribution >= 4 is 88.4 Å². The number of fused-ring (bicyclic) bond motifs is 3. The molecule has 0 radical (unpaired) electrons. The Morgan fingerprint density at radius 1 is 0.741 bits per heavy atom. The summed E-state index contributed by atoms with van der Waals surface area (Å²) in [6.45, 7) is 0. The van der Waals surface area contributed by atoms with Crippen LogP contribution >= 0.6 is 46.4 Å². The summed E-state index contributed by atoms with van der Waals surface area (Å²) in [5.41, 5.74) is -0.0832. The van der Waals surface area contributed by atoms with Crippen LogP contribution in [0.25, 0.3) is 21.8 Å². The minimum Gasteiger partial charge on any atom is -0.744 e. The third kappa shape index (κ3) is 4.96. The number of benzene rings is 2. The maximum Gasteiger partial charge on any atom is 1.00 e. The molecule has 7 nitrogen and oxygen atoms in total. The number of aromatic amines is 1. The molecule has 1 heterocycles. The minimum absolute atomic E-state index is 0. The second kappa shape index (κ2) is 9.55. The van der Waals surface area contributed by atoms with Gasteiger partial charge in [-0.05, 0) is 6.07 Å². The fourth-order valence-electron chi connectivity index (χ4n) is 2.49. The Hall–Kier alpha value is 2.49. The minimum atomic E-state index is -5.44. The third-order valence-corrected chi connectivity index (χ3v) is 7.12. The monoisotopic (exact) mass is 539 g/mol. The molecular formula is C12H3Cl4K2NO6S2. The van der Waals surface area contributed by atoms with Gasteiger partial charge in [0.15, 0.2) is 0 Å². The van der Waals surface area contributed by atoms with Gasteiger partial charge in [0.1, 0.15) is 20.2 Å². The zero-order chi connectivity index (χ0) is 18.9. The van der Waals surface area contributed by atoms with Crippen molar-refractivity contribution in [3.8, 4) is 0 Å². The second-order valence-corrected chi connectivity index (χ2v) is 9.03. The van der Waals surface area contributed by atoms with Gasteiger partial charge < -0.3 is 14.1 Å². The van der Waals surface area contributed by atoms with Gasteiger partial charge in [-0.1, -0.05) is 52.5 Å². The van der Waals surface area contributed by atoms with Gasteiger partial charge in [0.25, 0.3) is 0 Å². The Kier molecular flexibility index (Phi) is 9.73. The standard InChI is InChI=1S/C12H5Cl4NO6S2.2K/c13-4-2-1-3-5-10(17-9(3)6(4)14)7(15)8(16)12(25(21,22)23)11(5)24(18,19)20;;/h1-2,17H,(H,18,19,20)(H,21,22,23);;/q;2*+1/p-2.